The maximum atomic E-state index is 12.3. The molecule has 0 spiro atoms. The van der Waals surface area contributed by atoms with Crippen LogP contribution >= 0.6 is 0 Å². The molecule has 0 amide bonds. The van der Waals surface area contributed by atoms with Gasteiger partial charge in [-0.25, -0.2) is 8.42 Å². The Hall–Kier alpha value is -1.60. The largest absolute Gasteiger partial charge is 0.491 e. The van der Waals surface area contributed by atoms with E-state index in [2.05, 4.69) is 9.46 Å². The van der Waals surface area contributed by atoms with Crippen molar-refractivity contribution in [1.82, 2.24) is 4.72 Å². The molecule has 0 radical (unpaired) electrons. The van der Waals surface area contributed by atoms with Crippen LogP contribution in [-0.4, -0.2) is 33.6 Å². The number of hydrogen-bond donors (Lipinski definition) is 1. The molecule has 1 atom stereocenters. The van der Waals surface area contributed by atoms with Crippen LogP contribution in [0.25, 0.3) is 0 Å². The van der Waals surface area contributed by atoms with Crippen LogP contribution in [0.1, 0.15) is 32.8 Å². The zero-order chi connectivity index (χ0) is 16.9. The van der Waals surface area contributed by atoms with Gasteiger partial charge in [0.25, 0.3) is 0 Å². The van der Waals surface area contributed by atoms with Gasteiger partial charge in [-0.3, -0.25) is 4.79 Å². The van der Waals surface area contributed by atoms with Gasteiger partial charge in [-0.1, -0.05) is 6.92 Å². The maximum Gasteiger partial charge on any atom is 0.323 e. The SMILES string of the molecule is CC[C@@H](NS(=O)(=O)c1ccc(OC(C)C)c(C)c1)C(=O)OC. The highest BCUT2D eigenvalue weighted by atomic mass is 32.2. The quantitative estimate of drug-likeness (QED) is 0.774. The summed E-state index contributed by atoms with van der Waals surface area (Å²) in [6.07, 6.45) is 0.308. The molecule has 0 heterocycles. The lowest BCUT2D eigenvalue weighted by Gasteiger charge is -2.16. The smallest absolute Gasteiger partial charge is 0.323 e. The molecule has 0 fully saturated rings. The second-order valence-corrected chi connectivity index (χ2v) is 6.91. The van der Waals surface area contributed by atoms with Crippen LogP contribution in [-0.2, 0) is 19.6 Å². The Kier molecular flexibility index (Phi) is 6.37. The molecule has 0 aliphatic carbocycles. The summed E-state index contributed by atoms with van der Waals surface area (Å²) in [4.78, 5) is 11.6. The standard InChI is InChI=1S/C15H23NO5S/c1-6-13(15(17)20-5)16-22(18,19)12-7-8-14(11(4)9-12)21-10(2)3/h7-10,13,16H,6H2,1-5H3/t13-/m1/s1. The molecule has 0 saturated heterocycles. The minimum Gasteiger partial charge on any atom is -0.491 e. The summed E-state index contributed by atoms with van der Waals surface area (Å²) in [5, 5.41) is 0. The number of sulfonamides is 1. The Labute approximate surface area is 131 Å². The number of ether oxygens (including phenoxy) is 2. The van der Waals surface area contributed by atoms with Crippen LogP contribution < -0.4 is 9.46 Å². The lowest BCUT2D eigenvalue weighted by atomic mass is 10.2. The van der Waals surface area contributed by atoms with Crippen molar-refractivity contribution in [2.75, 3.05) is 7.11 Å². The molecular weight excluding hydrogens is 306 g/mol. The van der Waals surface area contributed by atoms with Gasteiger partial charge in [-0.05, 0) is 51.0 Å². The molecule has 0 aromatic heterocycles. The van der Waals surface area contributed by atoms with Crippen LogP contribution in [0, 0.1) is 6.92 Å². The number of carbonyl (C=O) groups excluding carboxylic acids is 1. The Balaban J connectivity index is 3.03. The van der Waals surface area contributed by atoms with Crippen LogP contribution in [0.3, 0.4) is 0 Å². The lowest BCUT2D eigenvalue weighted by Crippen LogP contribution is -2.40. The average molecular weight is 329 g/mol. The van der Waals surface area contributed by atoms with E-state index in [0.29, 0.717) is 17.7 Å². The zero-order valence-corrected chi connectivity index (χ0v) is 14.4. The van der Waals surface area contributed by atoms with Crippen molar-refractivity contribution < 1.29 is 22.7 Å². The van der Waals surface area contributed by atoms with Gasteiger partial charge < -0.3 is 9.47 Å². The number of carbonyl (C=O) groups is 1. The normalized spacial score (nSPS) is 13.0. The fourth-order valence-corrected chi connectivity index (χ4v) is 3.22. The van der Waals surface area contributed by atoms with Gasteiger partial charge in [0, 0.05) is 0 Å². The van der Waals surface area contributed by atoms with Crippen LogP contribution in [0.4, 0.5) is 0 Å². The Morgan fingerprint density at radius 1 is 1.32 bits per heavy atom. The molecule has 1 rings (SSSR count). The molecule has 0 aliphatic rings. The van der Waals surface area contributed by atoms with Gasteiger partial charge >= 0.3 is 5.97 Å². The van der Waals surface area contributed by atoms with Gasteiger partial charge in [0.15, 0.2) is 0 Å². The van der Waals surface area contributed by atoms with E-state index in [1.54, 1.807) is 19.9 Å². The molecule has 22 heavy (non-hydrogen) atoms. The summed E-state index contributed by atoms with van der Waals surface area (Å²) in [7, 11) is -2.58. The lowest BCUT2D eigenvalue weighted by molar-refractivity contribution is -0.142. The van der Waals surface area contributed by atoms with Crippen molar-refractivity contribution in [2.24, 2.45) is 0 Å². The number of aryl methyl sites for hydroxylation is 1. The second-order valence-electron chi connectivity index (χ2n) is 5.20. The molecule has 0 aliphatic heterocycles. The highest BCUT2D eigenvalue weighted by molar-refractivity contribution is 7.89. The van der Waals surface area contributed by atoms with E-state index in [1.807, 2.05) is 13.8 Å². The van der Waals surface area contributed by atoms with E-state index < -0.39 is 22.0 Å². The second kappa shape index (κ2) is 7.60. The molecule has 0 saturated carbocycles. The molecule has 0 unspecified atom stereocenters. The average Bonchev–Trinajstić information content (AvgIpc) is 2.45. The van der Waals surface area contributed by atoms with Gasteiger partial charge in [0.05, 0.1) is 18.1 Å². The number of rotatable bonds is 7. The van der Waals surface area contributed by atoms with Crippen LogP contribution in [0.15, 0.2) is 23.1 Å². The molecule has 1 aromatic carbocycles. The number of methoxy groups -OCH3 is 1. The predicted octanol–water partition coefficient (Wildman–Crippen LogP) is 2.01. The minimum absolute atomic E-state index is 0.00285. The van der Waals surface area contributed by atoms with Crippen molar-refractivity contribution in [3.05, 3.63) is 23.8 Å². The van der Waals surface area contributed by atoms with Gasteiger partial charge in [0.1, 0.15) is 11.8 Å². The van der Waals surface area contributed by atoms with Gasteiger partial charge in [-0.15, -0.1) is 0 Å². The van der Waals surface area contributed by atoms with Crippen molar-refractivity contribution in [1.29, 1.82) is 0 Å². The first-order valence-corrected chi connectivity index (χ1v) is 8.57. The third-order valence-electron chi connectivity index (χ3n) is 3.01. The summed E-state index contributed by atoms with van der Waals surface area (Å²) < 4.78 is 37.2. The topological polar surface area (TPSA) is 81.7 Å². The summed E-state index contributed by atoms with van der Waals surface area (Å²) in [6.45, 7) is 7.27. The summed E-state index contributed by atoms with van der Waals surface area (Å²) in [6, 6.07) is 3.69. The Morgan fingerprint density at radius 3 is 2.41 bits per heavy atom. The minimum atomic E-state index is -3.80. The number of hydrogen-bond acceptors (Lipinski definition) is 5. The van der Waals surface area contributed by atoms with Crippen molar-refractivity contribution in [3.63, 3.8) is 0 Å². The number of benzene rings is 1. The molecule has 1 aromatic rings. The third kappa shape index (κ3) is 4.71. The first kappa shape index (κ1) is 18.4. The van der Waals surface area contributed by atoms with Crippen LogP contribution in [0.5, 0.6) is 5.75 Å². The van der Waals surface area contributed by atoms with Crippen molar-refractivity contribution in [2.45, 2.75) is 51.2 Å². The summed E-state index contributed by atoms with van der Waals surface area (Å²) >= 11 is 0. The highest BCUT2D eigenvalue weighted by Crippen LogP contribution is 2.23. The molecule has 0 bridgehead atoms. The van der Waals surface area contributed by atoms with Crippen molar-refractivity contribution >= 4 is 16.0 Å². The van der Waals surface area contributed by atoms with Crippen molar-refractivity contribution in [3.8, 4) is 5.75 Å². The maximum absolute atomic E-state index is 12.3. The highest BCUT2D eigenvalue weighted by Gasteiger charge is 2.25. The van der Waals surface area contributed by atoms with E-state index in [0.717, 1.165) is 0 Å². The van der Waals surface area contributed by atoms with E-state index in [-0.39, 0.29) is 11.0 Å². The number of nitrogens with one attached hydrogen (secondary N) is 1. The Bertz CT molecular complexity index is 625. The molecule has 7 heteroatoms. The number of esters is 1. The van der Waals surface area contributed by atoms with Gasteiger partial charge in [-0.2, -0.15) is 4.72 Å². The first-order chi connectivity index (χ1) is 10.2. The van der Waals surface area contributed by atoms with E-state index in [9.17, 15) is 13.2 Å². The fraction of sp³-hybridized carbons (Fsp3) is 0.533. The van der Waals surface area contributed by atoms with E-state index >= 15 is 0 Å². The first-order valence-electron chi connectivity index (χ1n) is 7.08. The molecule has 124 valence electrons. The molecule has 1 N–H and O–H groups in total. The summed E-state index contributed by atoms with van der Waals surface area (Å²) in [5.41, 5.74) is 0.711. The monoisotopic (exact) mass is 329 g/mol. The third-order valence-corrected chi connectivity index (χ3v) is 4.48. The van der Waals surface area contributed by atoms with Crippen LogP contribution in [0.2, 0.25) is 0 Å². The van der Waals surface area contributed by atoms with E-state index in [4.69, 9.17) is 4.74 Å². The molecular formula is C15H23NO5S. The van der Waals surface area contributed by atoms with Gasteiger partial charge in [0.2, 0.25) is 10.0 Å². The summed E-state index contributed by atoms with van der Waals surface area (Å²) in [5.74, 6) is 0.0246. The fourth-order valence-electron chi connectivity index (χ4n) is 1.87. The molecule has 6 nitrogen and oxygen atoms in total. The Morgan fingerprint density at radius 2 is 1.95 bits per heavy atom. The zero-order valence-electron chi connectivity index (χ0n) is 13.5. The predicted molar refractivity (Wildman–Crippen MR) is 83.4 cm³/mol. The van der Waals surface area contributed by atoms with E-state index in [1.165, 1.54) is 19.2 Å².